The van der Waals surface area contributed by atoms with E-state index in [0.717, 1.165) is 56.8 Å². The smallest absolute Gasteiger partial charge is 0.229 e. The normalized spacial score (nSPS) is 16.2. The van der Waals surface area contributed by atoms with Crippen LogP contribution in [0.5, 0.6) is 0 Å². The molecule has 1 atom stereocenters. The number of benzene rings is 1. The standard InChI is InChI=1S/C21H27FN6/c1-3-5-6-16-12-20(28-10-9-18(14-28)24-4-2)27-21(25-16)26-17-7-8-19(22)15(11-17)13-23/h7-8,11-12,18,24H,3-6,9-10,14H2,1-2H3,(H,25,26,27). The lowest BCUT2D eigenvalue weighted by Gasteiger charge is -2.19. The average Bonchev–Trinajstić information content (AvgIpc) is 3.17. The number of aryl methyl sites for hydroxylation is 1. The lowest BCUT2D eigenvalue weighted by atomic mass is 10.2. The Hall–Kier alpha value is -2.72. The predicted octanol–water partition coefficient (Wildman–Crippen LogP) is 3.76. The molecule has 1 saturated heterocycles. The van der Waals surface area contributed by atoms with E-state index in [-0.39, 0.29) is 5.56 Å². The molecule has 0 radical (unpaired) electrons. The molecule has 0 spiro atoms. The van der Waals surface area contributed by atoms with E-state index >= 15 is 0 Å². The highest BCUT2D eigenvalue weighted by Gasteiger charge is 2.23. The molecule has 1 aromatic carbocycles. The van der Waals surface area contributed by atoms with Crippen LogP contribution >= 0.6 is 0 Å². The van der Waals surface area contributed by atoms with Crippen LogP contribution in [0.25, 0.3) is 0 Å². The number of hydrogen-bond donors (Lipinski definition) is 2. The second-order valence-electron chi connectivity index (χ2n) is 7.07. The summed E-state index contributed by atoms with van der Waals surface area (Å²) < 4.78 is 13.6. The summed E-state index contributed by atoms with van der Waals surface area (Å²) in [6.07, 6.45) is 4.13. The van der Waals surface area contributed by atoms with Crippen molar-refractivity contribution in [1.82, 2.24) is 15.3 Å². The van der Waals surface area contributed by atoms with Gasteiger partial charge in [0.15, 0.2) is 0 Å². The molecule has 1 fully saturated rings. The number of rotatable bonds is 8. The SMILES string of the molecule is CCCCc1cc(N2CCC(NCC)C2)nc(Nc2ccc(F)c(C#N)c2)n1. The molecule has 0 saturated carbocycles. The van der Waals surface area contributed by atoms with Crippen molar-refractivity contribution in [3.05, 3.63) is 41.3 Å². The maximum atomic E-state index is 13.6. The summed E-state index contributed by atoms with van der Waals surface area (Å²) in [6, 6.07) is 8.76. The zero-order valence-electron chi connectivity index (χ0n) is 16.5. The molecule has 0 amide bonds. The van der Waals surface area contributed by atoms with Crippen LogP contribution in [0.4, 0.5) is 21.8 Å². The zero-order chi connectivity index (χ0) is 19.9. The Morgan fingerprint density at radius 3 is 2.89 bits per heavy atom. The average molecular weight is 382 g/mol. The number of aromatic nitrogens is 2. The van der Waals surface area contributed by atoms with Gasteiger partial charge < -0.3 is 15.5 Å². The van der Waals surface area contributed by atoms with Crippen molar-refractivity contribution >= 4 is 17.5 Å². The van der Waals surface area contributed by atoms with E-state index in [4.69, 9.17) is 10.2 Å². The summed E-state index contributed by atoms with van der Waals surface area (Å²) in [5, 5.41) is 15.7. The fourth-order valence-electron chi connectivity index (χ4n) is 3.43. The molecule has 1 aromatic heterocycles. The van der Waals surface area contributed by atoms with Gasteiger partial charge in [0.2, 0.25) is 5.95 Å². The van der Waals surface area contributed by atoms with Crippen LogP contribution in [-0.2, 0) is 6.42 Å². The van der Waals surface area contributed by atoms with Crippen LogP contribution in [-0.4, -0.2) is 35.6 Å². The lowest BCUT2D eigenvalue weighted by Crippen LogP contribution is -2.32. The molecule has 1 unspecified atom stereocenters. The molecule has 0 bridgehead atoms. The van der Waals surface area contributed by atoms with Crippen LogP contribution in [0.2, 0.25) is 0 Å². The van der Waals surface area contributed by atoms with Crippen molar-refractivity contribution in [2.45, 2.75) is 45.6 Å². The Kier molecular flexibility index (Phi) is 6.77. The second-order valence-corrected chi connectivity index (χ2v) is 7.07. The van der Waals surface area contributed by atoms with Gasteiger partial charge in [-0.15, -0.1) is 0 Å². The molecule has 148 valence electrons. The summed E-state index contributed by atoms with van der Waals surface area (Å²) >= 11 is 0. The maximum Gasteiger partial charge on any atom is 0.229 e. The van der Waals surface area contributed by atoms with Gasteiger partial charge in [0.1, 0.15) is 17.7 Å². The Balaban J connectivity index is 1.84. The number of anilines is 3. The van der Waals surface area contributed by atoms with Gasteiger partial charge in [-0.3, -0.25) is 0 Å². The Morgan fingerprint density at radius 1 is 1.29 bits per heavy atom. The number of hydrogen-bond acceptors (Lipinski definition) is 6. The minimum atomic E-state index is -0.530. The number of nitriles is 1. The molecule has 1 aliphatic rings. The third-order valence-corrected chi connectivity index (χ3v) is 4.90. The molecule has 3 rings (SSSR count). The Morgan fingerprint density at radius 2 is 2.14 bits per heavy atom. The number of nitrogens with zero attached hydrogens (tertiary/aromatic N) is 4. The molecular formula is C21H27FN6. The van der Waals surface area contributed by atoms with E-state index in [1.165, 1.54) is 12.1 Å². The molecule has 2 heterocycles. The van der Waals surface area contributed by atoms with Gasteiger partial charge in [0.25, 0.3) is 0 Å². The van der Waals surface area contributed by atoms with Gasteiger partial charge >= 0.3 is 0 Å². The molecule has 2 N–H and O–H groups in total. The summed E-state index contributed by atoms with van der Waals surface area (Å²) in [5.74, 6) is 0.857. The van der Waals surface area contributed by atoms with Crippen molar-refractivity contribution < 1.29 is 4.39 Å². The highest BCUT2D eigenvalue weighted by Crippen LogP contribution is 2.24. The molecule has 28 heavy (non-hydrogen) atoms. The van der Waals surface area contributed by atoms with Crippen molar-refractivity contribution in [2.75, 3.05) is 29.9 Å². The number of likely N-dealkylation sites (N-methyl/N-ethyl adjacent to an activating group) is 1. The largest absolute Gasteiger partial charge is 0.355 e. The summed E-state index contributed by atoms with van der Waals surface area (Å²) in [6.45, 7) is 7.12. The van der Waals surface area contributed by atoms with E-state index in [2.05, 4.69) is 40.4 Å². The van der Waals surface area contributed by atoms with E-state index < -0.39 is 5.82 Å². The highest BCUT2D eigenvalue weighted by molar-refractivity contribution is 5.58. The zero-order valence-corrected chi connectivity index (χ0v) is 16.5. The number of halogens is 1. The van der Waals surface area contributed by atoms with Crippen LogP contribution in [0.3, 0.4) is 0 Å². The van der Waals surface area contributed by atoms with Gasteiger partial charge in [0.05, 0.1) is 5.56 Å². The number of nitrogens with one attached hydrogen (secondary N) is 2. The van der Waals surface area contributed by atoms with Gasteiger partial charge in [0, 0.05) is 36.6 Å². The first-order valence-electron chi connectivity index (χ1n) is 9.95. The summed E-state index contributed by atoms with van der Waals surface area (Å²) in [4.78, 5) is 11.6. The summed E-state index contributed by atoms with van der Waals surface area (Å²) in [5.41, 5.74) is 1.59. The molecule has 0 aliphatic carbocycles. The molecule has 7 heteroatoms. The predicted molar refractivity (Wildman–Crippen MR) is 109 cm³/mol. The van der Waals surface area contributed by atoms with Crippen molar-refractivity contribution in [3.8, 4) is 6.07 Å². The van der Waals surface area contributed by atoms with Crippen molar-refractivity contribution in [3.63, 3.8) is 0 Å². The fourth-order valence-corrected chi connectivity index (χ4v) is 3.43. The minimum Gasteiger partial charge on any atom is -0.355 e. The van der Waals surface area contributed by atoms with Crippen LogP contribution in [0, 0.1) is 17.1 Å². The quantitative estimate of drug-likeness (QED) is 0.724. The molecule has 6 nitrogen and oxygen atoms in total. The molecular weight excluding hydrogens is 355 g/mol. The topological polar surface area (TPSA) is 76.9 Å². The first-order chi connectivity index (χ1) is 13.6. The summed E-state index contributed by atoms with van der Waals surface area (Å²) in [7, 11) is 0. The van der Waals surface area contributed by atoms with E-state index in [9.17, 15) is 4.39 Å². The van der Waals surface area contributed by atoms with Crippen LogP contribution in [0.1, 0.15) is 44.4 Å². The van der Waals surface area contributed by atoms with Gasteiger partial charge in [-0.25, -0.2) is 9.37 Å². The minimum absolute atomic E-state index is 0.000357. The third-order valence-electron chi connectivity index (χ3n) is 4.90. The monoisotopic (exact) mass is 382 g/mol. The number of unbranched alkanes of at least 4 members (excludes halogenated alkanes) is 1. The lowest BCUT2D eigenvalue weighted by molar-refractivity contribution is 0.571. The molecule has 1 aliphatic heterocycles. The molecule has 2 aromatic rings. The van der Waals surface area contributed by atoms with Crippen molar-refractivity contribution in [1.29, 1.82) is 5.26 Å². The second kappa shape index (κ2) is 9.47. The van der Waals surface area contributed by atoms with E-state index in [1.54, 1.807) is 6.07 Å². The highest BCUT2D eigenvalue weighted by atomic mass is 19.1. The Labute approximate surface area is 165 Å². The first-order valence-corrected chi connectivity index (χ1v) is 9.95. The van der Waals surface area contributed by atoms with Crippen molar-refractivity contribution in [2.24, 2.45) is 0 Å². The van der Waals surface area contributed by atoms with E-state index in [1.807, 2.05) is 6.07 Å². The Bertz CT molecular complexity index is 847. The van der Waals surface area contributed by atoms with Gasteiger partial charge in [-0.05, 0) is 44.0 Å². The first kappa shape index (κ1) is 20.0. The van der Waals surface area contributed by atoms with Crippen LogP contribution in [0.15, 0.2) is 24.3 Å². The van der Waals surface area contributed by atoms with E-state index in [0.29, 0.717) is 17.7 Å². The maximum absolute atomic E-state index is 13.6. The fraction of sp³-hybridized carbons (Fsp3) is 0.476. The van der Waals surface area contributed by atoms with Gasteiger partial charge in [-0.1, -0.05) is 20.3 Å². The van der Waals surface area contributed by atoms with Gasteiger partial charge in [-0.2, -0.15) is 10.2 Å². The van der Waals surface area contributed by atoms with Crippen LogP contribution < -0.4 is 15.5 Å². The third kappa shape index (κ3) is 4.96.